The summed E-state index contributed by atoms with van der Waals surface area (Å²) < 4.78 is 17.1. The van der Waals surface area contributed by atoms with Gasteiger partial charge in [0.05, 0.1) is 19.9 Å². The lowest BCUT2D eigenvalue weighted by Crippen LogP contribution is -2.34. The van der Waals surface area contributed by atoms with Crippen molar-refractivity contribution in [1.29, 1.82) is 0 Å². The number of methoxy groups -OCH3 is 2. The van der Waals surface area contributed by atoms with Crippen LogP contribution in [0.4, 0.5) is 5.69 Å². The van der Waals surface area contributed by atoms with Crippen LogP contribution in [0.1, 0.15) is 47.2 Å². The first-order chi connectivity index (χ1) is 19.7. The molecule has 10 nitrogen and oxygen atoms in total. The number of anilines is 1. The van der Waals surface area contributed by atoms with Crippen LogP contribution in [0.15, 0.2) is 59.5 Å². The number of hydrogen-bond donors (Lipinski definition) is 2. The van der Waals surface area contributed by atoms with E-state index in [1.807, 2.05) is 0 Å². The predicted octanol–water partition coefficient (Wildman–Crippen LogP) is 5.25. The van der Waals surface area contributed by atoms with Gasteiger partial charge in [-0.3, -0.25) is 19.0 Å². The second kappa shape index (κ2) is 12.8. The van der Waals surface area contributed by atoms with E-state index in [1.165, 1.54) is 38.0 Å². The molecule has 0 spiro atoms. The molecule has 214 valence electrons. The normalized spacial score (nSPS) is 11.7. The lowest BCUT2D eigenvalue weighted by atomic mass is 9.97. The molecule has 0 radical (unpaired) electrons. The number of pyridine rings is 1. The number of ether oxygens (including phenoxy) is 3. The maximum absolute atomic E-state index is 13.5. The number of aromatic nitrogens is 2. The lowest BCUT2D eigenvalue weighted by Gasteiger charge is -2.21. The zero-order valence-corrected chi connectivity index (χ0v) is 23.8. The van der Waals surface area contributed by atoms with Crippen molar-refractivity contribution in [1.82, 2.24) is 9.55 Å². The number of H-pyrrole nitrogens is 1. The Balaban J connectivity index is 1.70. The second-order valence-corrected chi connectivity index (χ2v) is 9.68. The van der Waals surface area contributed by atoms with Gasteiger partial charge in [-0.15, -0.1) is 0 Å². The van der Waals surface area contributed by atoms with E-state index in [1.54, 1.807) is 49.4 Å². The van der Waals surface area contributed by atoms with Crippen LogP contribution in [0.2, 0.25) is 5.02 Å². The Labute approximate surface area is 241 Å². The SMILES string of the molecule is CCOC(=O)c1cc2cc(NC(=O)C(CCOC)n3cc(OC)c(-c4cc(Cl)ccc4C(C)=O)cc3=O)ccc2[nH]1. The Morgan fingerprint density at radius 1 is 1.05 bits per heavy atom. The average Bonchev–Trinajstić information content (AvgIpc) is 3.37. The fourth-order valence-electron chi connectivity index (χ4n) is 4.57. The molecule has 0 bridgehead atoms. The minimum Gasteiger partial charge on any atom is -0.495 e. The van der Waals surface area contributed by atoms with Gasteiger partial charge in [-0.2, -0.15) is 0 Å². The summed E-state index contributed by atoms with van der Waals surface area (Å²) in [7, 11) is 2.94. The zero-order valence-electron chi connectivity index (χ0n) is 23.1. The standard InChI is InChI=1S/C30H30ClN3O7/c1-5-41-30(38)25-13-18-12-20(7-9-24(18)33-25)32-29(37)26(10-11-39-3)34-16-27(40-4)23(15-28(34)36)22-14-19(31)6-8-21(22)17(2)35/h6-9,12-16,26,33H,5,10-11H2,1-4H3,(H,32,37). The van der Waals surface area contributed by atoms with Gasteiger partial charge >= 0.3 is 5.97 Å². The van der Waals surface area contributed by atoms with E-state index in [9.17, 15) is 19.2 Å². The number of amides is 1. The van der Waals surface area contributed by atoms with Gasteiger partial charge in [0.1, 0.15) is 17.5 Å². The van der Waals surface area contributed by atoms with Gasteiger partial charge in [0, 0.05) is 58.9 Å². The topological polar surface area (TPSA) is 129 Å². The molecule has 2 aromatic heterocycles. The highest BCUT2D eigenvalue weighted by atomic mass is 35.5. The molecule has 4 aromatic rings. The lowest BCUT2D eigenvalue weighted by molar-refractivity contribution is -0.119. The molecule has 2 heterocycles. The number of halogens is 1. The Kier molecular flexibility index (Phi) is 9.26. The van der Waals surface area contributed by atoms with Crippen LogP contribution in [0.3, 0.4) is 0 Å². The molecule has 11 heteroatoms. The summed E-state index contributed by atoms with van der Waals surface area (Å²) in [5.74, 6) is -0.843. The molecule has 2 aromatic carbocycles. The highest BCUT2D eigenvalue weighted by Gasteiger charge is 2.25. The van der Waals surface area contributed by atoms with Crippen LogP contribution in [0, 0.1) is 0 Å². The summed E-state index contributed by atoms with van der Waals surface area (Å²) in [6.45, 7) is 3.61. The third-order valence-corrected chi connectivity index (χ3v) is 6.77. The Morgan fingerprint density at radius 3 is 2.51 bits per heavy atom. The van der Waals surface area contributed by atoms with E-state index in [0.29, 0.717) is 44.0 Å². The first kappa shape index (κ1) is 29.6. The Bertz CT molecular complexity index is 1670. The van der Waals surface area contributed by atoms with Crippen molar-refractivity contribution in [2.45, 2.75) is 26.3 Å². The van der Waals surface area contributed by atoms with Crippen LogP contribution < -0.4 is 15.6 Å². The minimum absolute atomic E-state index is 0.194. The monoisotopic (exact) mass is 579 g/mol. The summed E-state index contributed by atoms with van der Waals surface area (Å²) >= 11 is 6.20. The zero-order chi connectivity index (χ0) is 29.7. The largest absolute Gasteiger partial charge is 0.495 e. The molecule has 0 saturated carbocycles. The van der Waals surface area contributed by atoms with Gasteiger partial charge in [0.2, 0.25) is 5.91 Å². The van der Waals surface area contributed by atoms with E-state index in [2.05, 4.69) is 10.3 Å². The molecule has 0 aliphatic carbocycles. The van der Waals surface area contributed by atoms with Gasteiger partial charge < -0.3 is 24.5 Å². The molecular weight excluding hydrogens is 550 g/mol. The molecule has 4 rings (SSSR count). The van der Waals surface area contributed by atoms with E-state index in [-0.39, 0.29) is 31.2 Å². The van der Waals surface area contributed by atoms with E-state index in [4.69, 9.17) is 25.8 Å². The Morgan fingerprint density at radius 2 is 1.83 bits per heavy atom. The number of rotatable bonds is 11. The minimum atomic E-state index is -0.950. The van der Waals surface area contributed by atoms with Crippen molar-refractivity contribution in [3.8, 4) is 16.9 Å². The summed E-state index contributed by atoms with van der Waals surface area (Å²) in [6.07, 6.45) is 1.64. The van der Waals surface area contributed by atoms with Gasteiger partial charge in [0.25, 0.3) is 5.56 Å². The number of Topliss-reactive ketones (excluding diaryl/α,β-unsaturated/α-hetero) is 1. The molecule has 2 N–H and O–H groups in total. The number of nitrogens with zero attached hydrogens (tertiary/aromatic N) is 1. The molecule has 41 heavy (non-hydrogen) atoms. The van der Waals surface area contributed by atoms with Crippen molar-refractivity contribution in [2.75, 3.05) is 32.8 Å². The number of carbonyl (C=O) groups excluding carboxylic acids is 3. The van der Waals surface area contributed by atoms with Gasteiger partial charge in [-0.25, -0.2) is 4.79 Å². The van der Waals surface area contributed by atoms with Crippen LogP contribution >= 0.6 is 11.6 Å². The van der Waals surface area contributed by atoms with Crippen LogP contribution in [0.5, 0.6) is 5.75 Å². The summed E-state index contributed by atoms with van der Waals surface area (Å²) in [4.78, 5) is 54.3. The van der Waals surface area contributed by atoms with E-state index >= 15 is 0 Å². The number of hydrogen-bond acceptors (Lipinski definition) is 7. The quantitative estimate of drug-likeness (QED) is 0.183. The maximum Gasteiger partial charge on any atom is 0.354 e. The number of carbonyl (C=O) groups is 3. The fourth-order valence-corrected chi connectivity index (χ4v) is 4.74. The van der Waals surface area contributed by atoms with Crippen molar-refractivity contribution in [2.24, 2.45) is 0 Å². The fraction of sp³-hybridized carbons (Fsp3) is 0.267. The third kappa shape index (κ3) is 6.50. The van der Waals surface area contributed by atoms with Gasteiger partial charge in [-0.1, -0.05) is 11.6 Å². The number of ketones is 1. The number of benzene rings is 2. The summed E-state index contributed by atoms with van der Waals surface area (Å²) in [6, 6.07) is 12.0. The molecule has 1 amide bonds. The van der Waals surface area contributed by atoms with Crippen molar-refractivity contribution < 1.29 is 28.6 Å². The van der Waals surface area contributed by atoms with E-state index in [0.717, 1.165) is 0 Å². The highest BCUT2D eigenvalue weighted by Crippen LogP contribution is 2.34. The van der Waals surface area contributed by atoms with Crippen molar-refractivity contribution >= 4 is 45.9 Å². The third-order valence-electron chi connectivity index (χ3n) is 6.53. The number of esters is 1. The predicted molar refractivity (Wildman–Crippen MR) is 156 cm³/mol. The molecule has 1 atom stereocenters. The molecular formula is C30H30ClN3O7. The first-order valence-electron chi connectivity index (χ1n) is 12.9. The molecule has 1 unspecified atom stereocenters. The summed E-state index contributed by atoms with van der Waals surface area (Å²) in [5, 5.41) is 3.95. The molecule has 0 aliphatic heterocycles. The number of aromatic amines is 1. The van der Waals surface area contributed by atoms with Crippen molar-refractivity contribution in [3.63, 3.8) is 0 Å². The smallest absolute Gasteiger partial charge is 0.354 e. The van der Waals surface area contributed by atoms with Crippen LogP contribution in [-0.4, -0.2) is 54.6 Å². The molecule has 0 saturated heterocycles. The van der Waals surface area contributed by atoms with Gasteiger partial charge in [0.15, 0.2) is 5.78 Å². The van der Waals surface area contributed by atoms with Crippen LogP contribution in [0.25, 0.3) is 22.0 Å². The molecule has 0 fully saturated rings. The first-order valence-corrected chi connectivity index (χ1v) is 13.2. The average molecular weight is 580 g/mol. The number of fused-ring (bicyclic) bond motifs is 1. The second-order valence-electron chi connectivity index (χ2n) is 9.24. The van der Waals surface area contributed by atoms with Crippen LogP contribution in [-0.2, 0) is 14.3 Å². The molecule has 0 aliphatic rings. The number of nitrogens with one attached hydrogen (secondary N) is 2. The van der Waals surface area contributed by atoms with E-state index < -0.39 is 23.5 Å². The van der Waals surface area contributed by atoms with Crippen molar-refractivity contribution in [3.05, 3.63) is 81.4 Å². The maximum atomic E-state index is 13.5. The Hall–Kier alpha value is -4.41. The highest BCUT2D eigenvalue weighted by molar-refractivity contribution is 6.31. The van der Waals surface area contributed by atoms with Gasteiger partial charge in [-0.05, 0) is 61.9 Å². The summed E-state index contributed by atoms with van der Waals surface area (Å²) in [5.41, 5.74) is 2.20.